The van der Waals surface area contributed by atoms with E-state index in [1.165, 1.54) is 12.1 Å². The van der Waals surface area contributed by atoms with Gasteiger partial charge in [0.1, 0.15) is 11.3 Å². The van der Waals surface area contributed by atoms with E-state index in [1.54, 1.807) is 12.1 Å². The van der Waals surface area contributed by atoms with Gasteiger partial charge in [0.15, 0.2) is 0 Å². The Kier molecular flexibility index (Phi) is 2.55. The van der Waals surface area contributed by atoms with E-state index in [4.69, 9.17) is 4.42 Å². The molecule has 1 aromatic carbocycles. The highest BCUT2D eigenvalue weighted by Gasteiger charge is 2.07. The lowest BCUT2D eigenvalue weighted by Gasteiger charge is -1.96. The van der Waals surface area contributed by atoms with E-state index in [9.17, 15) is 4.39 Å². The summed E-state index contributed by atoms with van der Waals surface area (Å²) in [5.41, 5.74) is 3.15. The number of halogens is 1. The number of nitrogens with zero attached hydrogens (tertiary/aromatic N) is 2. The summed E-state index contributed by atoms with van der Waals surface area (Å²) in [5.74, 6) is 0.350. The summed E-state index contributed by atoms with van der Waals surface area (Å²) < 4.78 is 18.4. The lowest BCUT2D eigenvalue weighted by molar-refractivity contribution is 0.534. The van der Waals surface area contributed by atoms with Crippen LogP contribution >= 0.6 is 0 Å². The third-order valence-electron chi connectivity index (χ3n) is 2.71. The zero-order valence-corrected chi connectivity index (χ0v) is 9.85. The van der Waals surface area contributed by atoms with Crippen LogP contribution in [0.4, 0.5) is 4.39 Å². The molecule has 0 aliphatic carbocycles. The molecule has 2 aromatic heterocycles. The van der Waals surface area contributed by atoms with Crippen molar-refractivity contribution < 1.29 is 8.81 Å². The largest absolute Gasteiger partial charge is 0.422 e. The fourth-order valence-electron chi connectivity index (χ4n) is 1.81. The van der Waals surface area contributed by atoms with Gasteiger partial charge in [-0.15, -0.1) is 0 Å². The molecule has 0 N–H and O–H groups in total. The summed E-state index contributed by atoms with van der Waals surface area (Å²) >= 11 is 0. The number of oxazole rings is 1. The molecule has 0 saturated carbocycles. The molecule has 0 saturated heterocycles. The minimum atomic E-state index is -0.242. The van der Waals surface area contributed by atoms with Gasteiger partial charge in [0.2, 0.25) is 11.6 Å². The number of aryl methyl sites for hydroxylation is 1. The fraction of sp³-hybridized carbons (Fsp3) is 0.143. The van der Waals surface area contributed by atoms with Crippen molar-refractivity contribution in [1.82, 2.24) is 9.97 Å². The normalized spacial score (nSPS) is 11.0. The van der Waals surface area contributed by atoms with Gasteiger partial charge in [-0.3, -0.25) is 0 Å². The van der Waals surface area contributed by atoms with Gasteiger partial charge in [-0.2, -0.15) is 0 Å². The van der Waals surface area contributed by atoms with Crippen LogP contribution in [0.15, 0.2) is 40.8 Å². The molecule has 3 nitrogen and oxygen atoms in total. The van der Waals surface area contributed by atoms with Crippen molar-refractivity contribution >= 4 is 11.2 Å². The molecular formula is C14H11FN2O. The van der Waals surface area contributed by atoms with Crippen molar-refractivity contribution in [3.05, 3.63) is 59.4 Å². The van der Waals surface area contributed by atoms with Gasteiger partial charge in [0, 0.05) is 12.1 Å². The Hall–Kier alpha value is -2.23. The smallest absolute Gasteiger partial charge is 0.247 e. The first-order chi connectivity index (χ1) is 8.70. The fourth-order valence-corrected chi connectivity index (χ4v) is 1.81. The Morgan fingerprint density at radius 2 is 1.83 bits per heavy atom. The van der Waals surface area contributed by atoms with Crippen LogP contribution in [0.3, 0.4) is 0 Å². The van der Waals surface area contributed by atoms with Crippen molar-refractivity contribution in [2.45, 2.75) is 13.3 Å². The summed E-state index contributed by atoms with van der Waals surface area (Å²) in [6, 6.07) is 10.1. The molecule has 0 unspecified atom stereocenters. The van der Waals surface area contributed by atoms with Gasteiger partial charge in [0.25, 0.3) is 0 Å². The minimum absolute atomic E-state index is 0.242. The Morgan fingerprint density at radius 1 is 1.06 bits per heavy atom. The molecule has 3 rings (SSSR count). The van der Waals surface area contributed by atoms with Crippen molar-refractivity contribution in [3.8, 4) is 0 Å². The maximum Gasteiger partial charge on any atom is 0.247 e. The van der Waals surface area contributed by atoms with E-state index in [0.717, 1.165) is 16.8 Å². The first-order valence-electron chi connectivity index (χ1n) is 5.68. The molecule has 18 heavy (non-hydrogen) atoms. The highest BCUT2D eigenvalue weighted by molar-refractivity contribution is 5.68. The molecule has 0 aliphatic heterocycles. The number of pyridine rings is 1. The van der Waals surface area contributed by atoms with E-state index < -0.39 is 0 Å². The average Bonchev–Trinajstić information content (AvgIpc) is 2.73. The zero-order valence-electron chi connectivity index (χ0n) is 9.85. The molecule has 0 atom stereocenters. The third-order valence-corrected chi connectivity index (χ3v) is 2.71. The highest BCUT2D eigenvalue weighted by Crippen LogP contribution is 2.16. The van der Waals surface area contributed by atoms with E-state index in [2.05, 4.69) is 9.97 Å². The van der Waals surface area contributed by atoms with Gasteiger partial charge < -0.3 is 4.42 Å². The first kappa shape index (κ1) is 10.9. The molecule has 90 valence electrons. The summed E-state index contributed by atoms with van der Waals surface area (Å²) in [4.78, 5) is 8.61. The van der Waals surface area contributed by atoms with Gasteiger partial charge >= 0.3 is 0 Å². The molecule has 3 aromatic rings. The maximum atomic E-state index is 12.8. The van der Waals surface area contributed by atoms with E-state index >= 15 is 0 Å². The van der Waals surface area contributed by atoms with E-state index in [-0.39, 0.29) is 5.82 Å². The zero-order chi connectivity index (χ0) is 12.5. The minimum Gasteiger partial charge on any atom is -0.422 e. The molecule has 0 spiro atoms. The monoisotopic (exact) mass is 242 g/mol. The molecule has 0 amide bonds. The van der Waals surface area contributed by atoms with E-state index in [1.807, 2.05) is 19.1 Å². The second kappa shape index (κ2) is 4.22. The van der Waals surface area contributed by atoms with Crippen LogP contribution in [0.1, 0.15) is 17.1 Å². The highest BCUT2D eigenvalue weighted by atomic mass is 19.1. The summed E-state index contributed by atoms with van der Waals surface area (Å²) in [6.07, 6.45) is 0.537. The molecule has 0 aliphatic rings. The topological polar surface area (TPSA) is 38.9 Å². The molecule has 2 heterocycles. The Morgan fingerprint density at radius 3 is 2.61 bits per heavy atom. The van der Waals surface area contributed by atoms with Gasteiger partial charge in [-0.25, -0.2) is 14.4 Å². The quantitative estimate of drug-likeness (QED) is 0.692. The second-order valence-corrected chi connectivity index (χ2v) is 4.19. The number of hydrogen-bond donors (Lipinski definition) is 0. The summed E-state index contributed by atoms with van der Waals surface area (Å²) in [7, 11) is 0. The lowest BCUT2D eigenvalue weighted by atomic mass is 10.1. The predicted octanol–water partition coefficient (Wildman–Crippen LogP) is 3.26. The van der Waals surface area contributed by atoms with Crippen molar-refractivity contribution in [3.63, 3.8) is 0 Å². The standard InChI is InChI=1S/C14H11FN2O/c1-9-2-7-12-14(16-9)18-13(17-12)8-10-3-5-11(15)6-4-10/h2-7H,8H2,1H3. The van der Waals surface area contributed by atoms with Crippen molar-refractivity contribution in [2.75, 3.05) is 0 Å². The van der Waals surface area contributed by atoms with Crippen molar-refractivity contribution in [1.29, 1.82) is 0 Å². The second-order valence-electron chi connectivity index (χ2n) is 4.19. The van der Waals surface area contributed by atoms with Crippen LogP contribution in [0.25, 0.3) is 11.2 Å². The Labute approximate surface area is 103 Å². The predicted molar refractivity (Wildman–Crippen MR) is 65.7 cm³/mol. The third kappa shape index (κ3) is 2.09. The number of aromatic nitrogens is 2. The average molecular weight is 242 g/mol. The lowest BCUT2D eigenvalue weighted by Crippen LogP contribution is -1.87. The van der Waals surface area contributed by atoms with Crippen LogP contribution in [0.5, 0.6) is 0 Å². The summed E-state index contributed by atoms with van der Waals surface area (Å²) in [6.45, 7) is 1.90. The first-order valence-corrected chi connectivity index (χ1v) is 5.68. The summed E-state index contributed by atoms with van der Waals surface area (Å²) in [5, 5.41) is 0. The van der Waals surface area contributed by atoms with Crippen molar-refractivity contribution in [2.24, 2.45) is 0 Å². The SMILES string of the molecule is Cc1ccc2nc(Cc3ccc(F)cc3)oc2n1. The molecule has 0 radical (unpaired) electrons. The van der Waals surface area contributed by atoms with Crippen LogP contribution in [0.2, 0.25) is 0 Å². The molecule has 0 bridgehead atoms. The Balaban J connectivity index is 1.92. The van der Waals surface area contributed by atoms with Gasteiger partial charge in [-0.05, 0) is 36.8 Å². The number of benzene rings is 1. The van der Waals surface area contributed by atoms with Crippen LogP contribution in [-0.4, -0.2) is 9.97 Å². The molecule has 4 heteroatoms. The van der Waals surface area contributed by atoms with Crippen LogP contribution < -0.4 is 0 Å². The number of rotatable bonds is 2. The van der Waals surface area contributed by atoms with Gasteiger partial charge in [0.05, 0.1) is 0 Å². The number of hydrogen-bond acceptors (Lipinski definition) is 3. The number of fused-ring (bicyclic) bond motifs is 1. The van der Waals surface area contributed by atoms with Crippen LogP contribution in [-0.2, 0) is 6.42 Å². The van der Waals surface area contributed by atoms with Crippen LogP contribution in [0, 0.1) is 12.7 Å². The maximum absolute atomic E-state index is 12.8. The molecular weight excluding hydrogens is 231 g/mol. The van der Waals surface area contributed by atoms with Gasteiger partial charge in [-0.1, -0.05) is 12.1 Å². The Bertz CT molecular complexity index is 689. The molecule has 0 fully saturated rings. The van der Waals surface area contributed by atoms with E-state index in [0.29, 0.717) is 18.0 Å².